The van der Waals surface area contributed by atoms with E-state index in [9.17, 15) is 9.18 Å². The summed E-state index contributed by atoms with van der Waals surface area (Å²) in [5.41, 5.74) is 1.40. The second-order valence-corrected chi connectivity index (χ2v) is 8.10. The third-order valence-electron chi connectivity index (χ3n) is 5.13. The molecule has 4 rings (SSSR count). The van der Waals surface area contributed by atoms with E-state index in [0.29, 0.717) is 5.69 Å². The number of halogens is 1. The van der Waals surface area contributed by atoms with Gasteiger partial charge in [0.05, 0.1) is 16.6 Å². The molecule has 0 aliphatic carbocycles. The lowest BCUT2D eigenvalue weighted by molar-refractivity contribution is -0.121. The zero-order valence-electron chi connectivity index (χ0n) is 16.2. The molecule has 8 heteroatoms. The first-order valence-electron chi connectivity index (χ1n) is 9.61. The number of rotatable bonds is 6. The van der Waals surface area contributed by atoms with Gasteiger partial charge in [-0.15, -0.1) is 11.3 Å². The Morgan fingerprint density at radius 3 is 2.79 bits per heavy atom. The largest absolute Gasteiger partial charge is 0.355 e. The first-order valence-corrected chi connectivity index (χ1v) is 10.5. The molecule has 1 saturated heterocycles. The number of nitrogens with zero attached hydrogens (tertiary/aromatic N) is 3. The molecule has 1 N–H and O–H groups in total. The average molecular weight is 415 g/mol. The zero-order valence-corrected chi connectivity index (χ0v) is 17.0. The van der Waals surface area contributed by atoms with E-state index in [0.717, 1.165) is 49.1 Å². The van der Waals surface area contributed by atoms with E-state index >= 15 is 0 Å². The lowest BCUT2D eigenvalue weighted by Crippen LogP contribution is -2.52. The normalized spacial score (nSPS) is 16.6. The van der Waals surface area contributed by atoms with Gasteiger partial charge in [0.2, 0.25) is 5.91 Å². The highest BCUT2D eigenvalue weighted by Gasteiger charge is 2.26. The van der Waals surface area contributed by atoms with Crippen LogP contribution in [0.5, 0.6) is 0 Å². The van der Waals surface area contributed by atoms with E-state index in [1.165, 1.54) is 12.1 Å². The van der Waals surface area contributed by atoms with E-state index in [4.69, 9.17) is 4.52 Å². The Morgan fingerprint density at radius 2 is 2.07 bits per heavy atom. The molecule has 0 bridgehead atoms. The van der Waals surface area contributed by atoms with Crippen molar-refractivity contribution in [1.82, 2.24) is 15.0 Å². The highest BCUT2D eigenvalue weighted by molar-refractivity contribution is 7.13. The molecular weight excluding hydrogens is 391 g/mol. The van der Waals surface area contributed by atoms with E-state index in [1.807, 2.05) is 30.5 Å². The van der Waals surface area contributed by atoms with Crippen LogP contribution in [0, 0.1) is 5.82 Å². The summed E-state index contributed by atoms with van der Waals surface area (Å²) in [7, 11) is 0. The number of carbonyl (C=O) groups excluding carboxylic acids is 1. The molecule has 1 fully saturated rings. The van der Waals surface area contributed by atoms with E-state index in [1.54, 1.807) is 23.5 Å². The molecule has 6 nitrogen and oxygen atoms in total. The van der Waals surface area contributed by atoms with Crippen LogP contribution in [-0.2, 0) is 11.3 Å². The van der Waals surface area contributed by atoms with Crippen LogP contribution < -0.4 is 5.32 Å². The summed E-state index contributed by atoms with van der Waals surface area (Å²) in [5, 5.41) is 8.99. The minimum absolute atomic E-state index is 0.124. The summed E-state index contributed by atoms with van der Waals surface area (Å²) in [6.07, 6.45) is 0. The first kappa shape index (κ1) is 19.8. The van der Waals surface area contributed by atoms with Crippen molar-refractivity contribution in [2.45, 2.75) is 19.5 Å². The SMILES string of the molecule is CC(C(=O)Nc1cccc(F)c1)N1CCN(Cc2cc(-c3cccs3)on2)CC1. The van der Waals surface area contributed by atoms with Crippen LogP contribution in [0.1, 0.15) is 12.6 Å². The molecule has 3 aromatic rings. The van der Waals surface area contributed by atoms with Crippen LogP contribution in [0.15, 0.2) is 52.4 Å². The number of hydrogen-bond donors (Lipinski definition) is 1. The number of hydrogen-bond acceptors (Lipinski definition) is 6. The van der Waals surface area contributed by atoms with Gasteiger partial charge in [0.25, 0.3) is 0 Å². The summed E-state index contributed by atoms with van der Waals surface area (Å²) in [4.78, 5) is 18.0. The number of thiophene rings is 1. The molecule has 1 amide bonds. The van der Waals surface area contributed by atoms with Crippen molar-refractivity contribution in [3.8, 4) is 10.6 Å². The van der Waals surface area contributed by atoms with E-state index < -0.39 is 0 Å². The number of aromatic nitrogens is 1. The Hall–Kier alpha value is -2.55. The van der Waals surface area contributed by atoms with Gasteiger partial charge in [-0.3, -0.25) is 14.6 Å². The molecule has 3 heterocycles. The molecule has 1 aliphatic heterocycles. The Morgan fingerprint density at radius 1 is 1.24 bits per heavy atom. The Kier molecular flexibility index (Phi) is 6.03. The van der Waals surface area contributed by atoms with Gasteiger partial charge < -0.3 is 9.84 Å². The van der Waals surface area contributed by atoms with E-state index in [2.05, 4.69) is 20.3 Å². The van der Waals surface area contributed by atoms with Crippen molar-refractivity contribution in [3.05, 3.63) is 59.4 Å². The predicted octanol–water partition coefficient (Wildman–Crippen LogP) is 3.69. The second kappa shape index (κ2) is 8.86. The van der Waals surface area contributed by atoms with Gasteiger partial charge in [-0.2, -0.15) is 0 Å². The zero-order chi connectivity index (χ0) is 20.2. The van der Waals surface area contributed by atoms with Crippen molar-refractivity contribution in [1.29, 1.82) is 0 Å². The number of anilines is 1. The number of nitrogens with one attached hydrogen (secondary N) is 1. The molecule has 1 atom stereocenters. The monoisotopic (exact) mass is 414 g/mol. The summed E-state index contributed by atoms with van der Waals surface area (Å²) in [6.45, 7) is 5.88. The molecule has 1 unspecified atom stereocenters. The van der Waals surface area contributed by atoms with Crippen molar-refractivity contribution in [3.63, 3.8) is 0 Å². The van der Waals surface area contributed by atoms with Gasteiger partial charge in [0.1, 0.15) is 5.82 Å². The predicted molar refractivity (Wildman–Crippen MR) is 111 cm³/mol. The van der Waals surface area contributed by atoms with Crippen LogP contribution in [0.3, 0.4) is 0 Å². The summed E-state index contributed by atoms with van der Waals surface area (Å²) >= 11 is 1.63. The standard InChI is InChI=1S/C21H23FN4O2S/c1-15(21(27)23-17-5-2-4-16(22)12-17)26-9-7-25(8-10-26)14-18-13-19(28-24-18)20-6-3-11-29-20/h2-6,11-13,15H,7-10,14H2,1H3,(H,23,27). The third kappa shape index (κ3) is 4.90. The van der Waals surface area contributed by atoms with Crippen molar-refractivity contribution in [2.75, 3.05) is 31.5 Å². The number of benzene rings is 1. The maximum Gasteiger partial charge on any atom is 0.241 e. The molecule has 0 radical (unpaired) electrons. The summed E-state index contributed by atoms with van der Waals surface area (Å²) in [5.74, 6) is 0.316. The molecule has 152 valence electrons. The lowest BCUT2D eigenvalue weighted by atomic mass is 10.2. The molecule has 1 aromatic carbocycles. The van der Waals surface area contributed by atoms with Gasteiger partial charge in [-0.05, 0) is 36.6 Å². The van der Waals surface area contributed by atoms with Crippen LogP contribution in [0.25, 0.3) is 10.6 Å². The molecule has 0 spiro atoms. The topological polar surface area (TPSA) is 61.6 Å². The Balaban J connectivity index is 1.27. The minimum atomic E-state index is -0.362. The van der Waals surface area contributed by atoms with E-state index in [-0.39, 0.29) is 17.8 Å². The smallest absolute Gasteiger partial charge is 0.241 e. The maximum absolute atomic E-state index is 13.3. The molecule has 0 saturated carbocycles. The first-order chi connectivity index (χ1) is 14.1. The average Bonchev–Trinajstić information content (AvgIpc) is 3.40. The van der Waals surface area contributed by atoms with Crippen molar-refractivity contribution in [2.24, 2.45) is 0 Å². The van der Waals surface area contributed by atoms with Gasteiger partial charge in [-0.25, -0.2) is 4.39 Å². The molecular formula is C21H23FN4O2S. The lowest BCUT2D eigenvalue weighted by Gasteiger charge is -2.37. The fourth-order valence-corrected chi connectivity index (χ4v) is 4.11. The van der Waals surface area contributed by atoms with Gasteiger partial charge in [0, 0.05) is 44.5 Å². The summed E-state index contributed by atoms with van der Waals surface area (Å²) in [6, 6.07) is 11.7. The number of piperazine rings is 1. The highest BCUT2D eigenvalue weighted by Crippen LogP contribution is 2.25. The fourth-order valence-electron chi connectivity index (χ4n) is 3.44. The minimum Gasteiger partial charge on any atom is -0.355 e. The van der Waals surface area contributed by atoms with Gasteiger partial charge in [-0.1, -0.05) is 17.3 Å². The van der Waals surface area contributed by atoms with Crippen molar-refractivity contribution >= 4 is 22.9 Å². The van der Waals surface area contributed by atoms with Gasteiger partial charge >= 0.3 is 0 Å². The van der Waals surface area contributed by atoms with Crippen LogP contribution in [0.4, 0.5) is 10.1 Å². The Bertz CT molecular complexity index is 951. The number of amides is 1. The maximum atomic E-state index is 13.3. The van der Waals surface area contributed by atoms with Crippen LogP contribution in [-0.4, -0.2) is 53.1 Å². The van der Waals surface area contributed by atoms with Crippen LogP contribution >= 0.6 is 11.3 Å². The number of carbonyl (C=O) groups is 1. The Labute approximate surface area is 172 Å². The molecule has 2 aromatic heterocycles. The highest BCUT2D eigenvalue weighted by atomic mass is 32.1. The third-order valence-corrected chi connectivity index (χ3v) is 6.02. The second-order valence-electron chi connectivity index (χ2n) is 7.15. The van der Waals surface area contributed by atoms with Crippen molar-refractivity contribution < 1.29 is 13.7 Å². The van der Waals surface area contributed by atoms with Crippen LogP contribution in [0.2, 0.25) is 0 Å². The molecule has 29 heavy (non-hydrogen) atoms. The van der Waals surface area contributed by atoms with Gasteiger partial charge in [0.15, 0.2) is 5.76 Å². The fraction of sp³-hybridized carbons (Fsp3) is 0.333. The summed E-state index contributed by atoms with van der Waals surface area (Å²) < 4.78 is 18.7. The quantitative estimate of drug-likeness (QED) is 0.667. The molecule has 1 aliphatic rings.